The first-order chi connectivity index (χ1) is 11.3. The molecule has 0 spiro atoms. The lowest BCUT2D eigenvalue weighted by molar-refractivity contribution is 0.126. The molecule has 1 atom stereocenters. The molecule has 0 saturated carbocycles. The van der Waals surface area contributed by atoms with E-state index in [1.807, 2.05) is 18.3 Å². The van der Waals surface area contributed by atoms with Crippen molar-refractivity contribution >= 4 is 11.3 Å². The van der Waals surface area contributed by atoms with Crippen LogP contribution in [0.25, 0.3) is 0 Å². The quantitative estimate of drug-likeness (QED) is 0.732. The van der Waals surface area contributed by atoms with Gasteiger partial charge in [0.1, 0.15) is 11.6 Å². The number of imidazole rings is 1. The summed E-state index contributed by atoms with van der Waals surface area (Å²) in [6.45, 7) is 2.69. The molecule has 0 fully saturated rings. The predicted octanol–water partition coefficient (Wildman–Crippen LogP) is 3.71. The van der Waals surface area contributed by atoms with E-state index in [2.05, 4.69) is 49.6 Å². The maximum atomic E-state index is 5.60. The first-order valence-corrected chi connectivity index (χ1v) is 8.67. The normalized spacial score (nSPS) is 17.9. The monoisotopic (exact) mass is 325 g/mol. The number of methoxy groups -OCH3 is 1. The molecule has 0 amide bonds. The number of benzene rings is 1. The van der Waals surface area contributed by atoms with Crippen LogP contribution < -0.4 is 4.74 Å². The van der Waals surface area contributed by atoms with Crippen molar-refractivity contribution in [2.45, 2.75) is 25.7 Å². The fraction of sp³-hybridized carbons (Fsp3) is 0.278. The predicted molar refractivity (Wildman–Crippen MR) is 91.5 cm³/mol. The summed E-state index contributed by atoms with van der Waals surface area (Å²) < 4.78 is 7.85. The zero-order valence-corrected chi connectivity index (χ0v) is 13.9. The minimum Gasteiger partial charge on any atom is -0.496 e. The average Bonchev–Trinajstić information content (AvgIpc) is 3.25. The van der Waals surface area contributed by atoms with Crippen molar-refractivity contribution in [3.8, 4) is 5.75 Å². The Morgan fingerprint density at radius 3 is 3.04 bits per heavy atom. The van der Waals surface area contributed by atoms with E-state index in [-0.39, 0.29) is 6.04 Å². The number of hydrogen-bond acceptors (Lipinski definition) is 4. The van der Waals surface area contributed by atoms with Gasteiger partial charge in [-0.25, -0.2) is 4.98 Å². The molecule has 3 heterocycles. The standard InChI is InChI=1S/C18H19N3OS/c1-22-17-5-3-2-4-15(17)16-11-20-8-7-19-18(20)12-21(16)10-14-6-9-23-13-14/h2-9,13,16H,10-12H2,1H3. The third kappa shape index (κ3) is 2.78. The van der Waals surface area contributed by atoms with Gasteiger partial charge in [-0.3, -0.25) is 4.90 Å². The molecule has 3 aromatic rings. The van der Waals surface area contributed by atoms with Crippen LogP contribution in [-0.4, -0.2) is 21.6 Å². The maximum Gasteiger partial charge on any atom is 0.123 e. The van der Waals surface area contributed by atoms with Crippen LogP contribution in [-0.2, 0) is 19.6 Å². The minimum atomic E-state index is 0.285. The lowest BCUT2D eigenvalue weighted by atomic mass is 10.0. The van der Waals surface area contributed by atoms with Crippen LogP contribution in [0.4, 0.5) is 0 Å². The Labute approximate surface area is 140 Å². The van der Waals surface area contributed by atoms with Gasteiger partial charge in [0.05, 0.1) is 19.7 Å². The summed E-state index contributed by atoms with van der Waals surface area (Å²) in [5.74, 6) is 2.09. The van der Waals surface area contributed by atoms with Gasteiger partial charge in [-0.05, 0) is 28.5 Å². The molecule has 4 nitrogen and oxygen atoms in total. The largest absolute Gasteiger partial charge is 0.496 e. The van der Waals surface area contributed by atoms with Crippen LogP contribution in [0.1, 0.15) is 23.0 Å². The van der Waals surface area contributed by atoms with Gasteiger partial charge in [0.2, 0.25) is 0 Å². The molecule has 23 heavy (non-hydrogen) atoms. The summed E-state index contributed by atoms with van der Waals surface area (Å²) in [4.78, 5) is 6.99. The van der Waals surface area contributed by atoms with Crippen molar-refractivity contribution in [3.05, 3.63) is 70.4 Å². The highest BCUT2D eigenvalue weighted by Crippen LogP contribution is 2.35. The summed E-state index contributed by atoms with van der Waals surface area (Å²) in [6, 6.07) is 10.8. The zero-order chi connectivity index (χ0) is 15.6. The number of ether oxygens (including phenoxy) is 1. The molecule has 1 aromatic carbocycles. The maximum absolute atomic E-state index is 5.60. The van der Waals surface area contributed by atoms with E-state index in [9.17, 15) is 0 Å². The van der Waals surface area contributed by atoms with Crippen molar-refractivity contribution in [2.75, 3.05) is 7.11 Å². The molecule has 1 aliphatic rings. The summed E-state index contributed by atoms with van der Waals surface area (Å²) in [5.41, 5.74) is 2.60. The molecule has 4 rings (SSSR count). The van der Waals surface area contributed by atoms with Gasteiger partial charge >= 0.3 is 0 Å². The topological polar surface area (TPSA) is 30.3 Å². The Hall–Kier alpha value is -2.11. The number of nitrogens with zero attached hydrogens (tertiary/aromatic N) is 3. The van der Waals surface area contributed by atoms with Crippen molar-refractivity contribution in [2.24, 2.45) is 0 Å². The summed E-state index contributed by atoms with van der Waals surface area (Å²) in [7, 11) is 1.74. The smallest absolute Gasteiger partial charge is 0.123 e. The SMILES string of the molecule is COc1ccccc1C1Cn2ccnc2CN1Cc1ccsc1. The molecule has 118 valence electrons. The molecule has 1 aliphatic heterocycles. The Kier molecular flexibility index (Phi) is 3.89. The minimum absolute atomic E-state index is 0.285. The number of fused-ring (bicyclic) bond motifs is 1. The van der Waals surface area contributed by atoms with Crippen molar-refractivity contribution in [1.29, 1.82) is 0 Å². The summed E-state index contributed by atoms with van der Waals surface area (Å²) in [6.07, 6.45) is 3.96. The molecule has 0 aliphatic carbocycles. The summed E-state index contributed by atoms with van der Waals surface area (Å²) in [5, 5.41) is 4.36. The van der Waals surface area contributed by atoms with Crippen LogP contribution in [0.2, 0.25) is 0 Å². The number of rotatable bonds is 4. The van der Waals surface area contributed by atoms with Crippen LogP contribution in [0, 0.1) is 0 Å². The van der Waals surface area contributed by atoms with Crippen molar-refractivity contribution in [3.63, 3.8) is 0 Å². The van der Waals surface area contributed by atoms with E-state index in [0.29, 0.717) is 0 Å². The lowest BCUT2D eigenvalue weighted by Gasteiger charge is -2.36. The third-order valence-electron chi connectivity index (χ3n) is 4.42. The third-order valence-corrected chi connectivity index (χ3v) is 5.15. The molecule has 0 bridgehead atoms. The highest BCUT2D eigenvalue weighted by Gasteiger charge is 2.29. The van der Waals surface area contributed by atoms with Gasteiger partial charge in [-0.1, -0.05) is 18.2 Å². The van der Waals surface area contributed by atoms with Gasteiger partial charge in [0, 0.05) is 31.0 Å². The summed E-state index contributed by atoms with van der Waals surface area (Å²) >= 11 is 1.75. The van der Waals surface area contributed by atoms with Gasteiger partial charge < -0.3 is 9.30 Å². The Bertz CT molecular complexity index is 781. The zero-order valence-electron chi connectivity index (χ0n) is 13.1. The number of aromatic nitrogens is 2. The molecule has 1 unspecified atom stereocenters. The van der Waals surface area contributed by atoms with E-state index >= 15 is 0 Å². The van der Waals surface area contributed by atoms with E-state index in [1.165, 1.54) is 11.1 Å². The second-order valence-electron chi connectivity index (χ2n) is 5.79. The fourth-order valence-electron chi connectivity index (χ4n) is 3.27. The molecule has 0 saturated heterocycles. The number of hydrogen-bond donors (Lipinski definition) is 0. The van der Waals surface area contributed by atoms with Crippen LogP contribution in [0.3, 0.4) is 0 Å². The molecule has 0 N–H and O–H groups in total. The van der Waals surface area contributed by atoms with Gasteiger partial charge in [0.25, 0.3) is 0 Å². The molecule has 0 radical (unpaired) electrons. The second kappa shape index (κ2) is 6.18. The first kappa shape index (κ1) is 14.5. The van der Waals surface area contributed by atoms with E-state index < -0.39 is 0 Å². The average molecular weight is 325 g/mol. The molecular weight excluding hydrogens is 306 g/mol. The van der Waals surface area contributed by atoms with E-state index in [0.717, 1.165) is 31.2 Å². The Balaban J connectivity index is 1.71. The lowest BCUT2D eigenvalue weighted by Crippen LogP contribution is -2.36. The highest BCUT2D eigenvalue weighted by atomic mass is 32.1. The second-order valence-corrected chi connectivity index (χ2v) is 6.57. The molecule has 5 heteroatoms. The van der Waals surface area contributed by atoms with Crippen LogP contribution >= 0.6 is 11.3 Å². The fourth-order valence-corrected chi connectivity index (χ4v) is 3.93. The number of para-hydroxylation sites is 1. The van der Waals surface area contributed by atoms with Crippen molar-refractivity contribution in [1.82, 2.24) is 14.5 Å². The van der Waals surface area contributed by atoms with E-state index in [1.54, 1.807) is 18.4 Å². The van der Waals surface area contributed by atoms with Crippen LogP contribution in [0.15, 0.2) is 53.5 Å². The molecule has 2 aromatic heterocycles. The first-order valence-electron chi connectivity index (χ1n) is 7.73. The van der Waals surface area contributed by atoms with Gasteiger partial charge in [-0.15, -0.1) is 0 Å². The molecular formula is C18H19N3OS. The number of thiophene rings is 1. The van der Waals surface area contributed by atoms with Crippen molar-refractivity contribution < 1.29 is 4.74 Å². The Morgan fingerprint density at radius 1 is 1.30 bits per heavy atom. The van der Waals surface area contributed by atoms with E-state index in [4.69, 9.17) is 4.74 Å². The van der Waals surface area contributed by atoms with Gasteiger partial charge in [-0.2, -0.15) is 11.3 Å². The van der Waals surface area contributed by atoms with Crippen LogP contribution in [0.5, 0.6) is 5.75 Å². The van der Waals surface area contributed by atoms with Gasteiger partial charge in [0.15, 0.2) is 0 Å². The Morgan fingerprint density at radius 2 is 2.22 bits per heavy atom. The highest BCUT2D eigenvalue weighted by molar-refractivity contribution is 7.07.